The SMILES string of the molecule is Cn1cccc1C(C1=C=CC=C1)N1CCOCC1. The number of nitrogens with zero attached hydrogens (tertiary/aromatic N) is 2. The Hall–Kier alpha value is -1.54. The fraction of sp³-hybridized carbons (Fsp3) is 0.400. The second kappa shape index (κ2) is 4.99. The average molecular weight is 242 g/mol. The van der Waals surface area contributed by atoms with Gasteiger partial charge in [0.25, 0.3) is 0 Å². The summed E-state index contributed by atoms with van der Waals surface area (Å²) in [6.07, 6.45) is 8.32. The van der Waals surface area contributed by atoms with Crippen LogP contribution in [-0.2, 0) is 11.8 Å². The predicted octanol–water partition coefficient (Wildman–Crippen LogP) is 2.05. The number of aryl methyl sites for hydroxylation is 1. The van der Waals surface area contributed by atoms with Crippen molar-refractivity contribution < 1.29 is 4.74 Å². The van der Waals surface area contributed by atoms with Gasteiger partial charge in [-0.3, -0.25) is 4.90 Å². The number of aromatic nitrogens is 1. The van der Waals surface area contributed by atoms with Gasteiger partial charge in [0.05, 0.1) is 19.3 Å². The van der Waals surface area contributed by atoms with Crippen LogP contribution >= 0.6 is 0 Å². The summed E-state index contributed by atoms with van der Waals surface area (Å²) in [5.74, 6) is 0. The molecule has 1 atom stereocenters. The Morgan fingerprint density at radius 2 is 2.17 bits per heavy atom. The van der Waals surface area contributed by atoms with Crippen LogP contribution < -0.4 is 0 Å². The van der Waals surface area contributed by atoms with E-state index >= 15 is 0 Å². The summed E-state index contributed by atoms with van der Waals surface area (Å²) in [5.41, 5.74) is 5.92. The van der Waals surface area contributed by atoms with E-state index in [0.717, 1.165) is 26.3 Å². The van der Waals surface area contributed by atoms with E-state index in [1.165, 1.54) is 11.3 Å². The summed E-state index contributed by atoms with van der Waals surface area (Å²) >= 11 is 0. The van der Waals surface area contributed by atoms with E-state index in [4.69, 9.17) is 4.74 Å². The Bertz CT molecular complexity index is 514. The first-order valence-electron chi connectivity index (χ1n) is 6.42. The molecule has 1 aromatic rings. The van der Waals surface area contributed by atoms with Crippen LogP contribution in [0.3, 0.4) is 0 Å². The minimum atomic E-state index is 0.295. The third-order valence-corrected chi connectivity index (χ3v) is 3.59. The second-order valence-electron chi connectivity index (χ2n) is 4.72. The van der Waals surface area contributed by atoms with Crippen LogP contribution in [0, 0.1) is 0 Å². The molecule has 0 N–H and O–H groups in total. The van der Waals surface area contributed by atoms with Crippen LogP contribution in [0.2, 0.25) is 0 Å². The van der Waals surface area contributed by atoms with E-state index in [9.17, 15) is 0 Å². The molecule has 1 unspecified atom stereocenters. The standard InChI is InChI=1S/C15H18N2O/c1-16-8-4-7-14(16)15(13-5-2-3-6-13)17-9-11-18-12-10-17/h2-5,7-8,15H,9-12H2,1H3. The zero-order chi connectivity index (χ0) is 12.4. The van der Waals surface area contributed by atoms with Gasteiger partial charge in [-0.25, -0.2) is 0 Å². The molecule has 3 heteroatoms. The molecule has 0 saturated carbocycles. The molecule has 1 aliphatic heterocycles. The zero-order valence-corrected chi connectivity index (χ0v) is 10.7. The molecular formula is C15H18N2O. The van der Waals surface area contributed by atoms with E-state index in [1.807, 2.05) is 6.08 Å². The van der Waals surface area contributed by atoms with Crippen molar-refractivity contribution in [2.75, 3.05) is 26.3 Å². The maximum atomic E-state index is 5.46. The molecule has 0 spiro atoms. The van der Waals surface area contributed by atoms with Crippen molar-refractivity contribution in [1.82, 2.24) is 9.47 Å². The van der Waals surface area contributed by atoms with Gasteiger partial charge in [0.1, 0.15) is 0 Å². The molecular weight excluding hydrogens is 224 g/mol. The van der Waals surface area contributed by atoms with Gasteiger partial charge in [-0.1, -0.05) is 6.08 Å². The normalized spacial score (nSPS) is 21.3. The van der Waals surface area contributed by atoms with Crippen molar-refractivity contribution in [3.8, 4) is 0 Å². The highest BCUT2D eigenvalue weighted by molar-refractivity contribution is 5.37. The number of morpholine rings is 1. The number of ether oxygens (including phenoxy) is 1. The molecule has 2 aliphatic rings. The molecule has 3 nitrogen and oxygen atoms in total. The van der Waals surface area contributed by atoms with Crippen molar-refractivity contribution in [1.29, 1.82) is 0 Å². The van der Waals surface area contributed by atoms with Gasteiger partial charge in [0.2, 0.25) is 0 Å². The Labute approximate surface area is 108 Å². The summed E-state index contributed by atoms with van der Waals surface area (Å²) in [6, 6.07) is 4.59. The first kappa shape index (κ1) is 11.5. The van der Waals surface area contributed by atoms with Gasteiger partial charge in [-0.2, -0.15) is 0 Å². The molecule has 94 valence electrons. The molecule has 1 aromatic heterocycles. The van der Waals surface area contributed by atoms with Gasteiger partial charge < -0.3 is 9.30 Å². The van der Waals surface area contributed by atoms with Crippen LogP contribution in [0.25, 0.3) is 0 Å². The van der Waals surface area contributed by atoms with E-state index in [2.05, 4.69) is 52.7 Å². The summed E-state index contributed by atoms with van der Waals surface area (Å²) in [6.45, 7) is 3.60. The Balaban J connectivity index is 1.95. The van der Waals surface area contributed by atoms with Gasteiger partial charge in [0.15, 0.2) is 0 Å². The predicted molar refractivity (Wildman–Crippen MR) is 71.3 cm³/mol. The third kappa shape index (κ3) is 2.08. The summed E-state index contributed by atoms with van der Waals surface area (Å²) in [7, 11) is 2.10. The van der Waals surface area contributed by atoms with Crippen molar-refractivity contribution in [2.24, 2.45) is 7.05 Å². The molecule has 18 heavy (non-hydrogen) atoms. The molecule has 2 heterocycles. The van der Waals surface area contributed by atoms with Gasteiger partial charge in [0, 0.05) is 37.6 Å². The lowest BCUT2D eigenvalue weighted by Crippen LogP contribution is -2.40. The van der Waals surface area contributed by atoms with Crippen molar-refractivity contribution in [3.63, 3.8) is 0 Å². The Kier molecular flexibility index (Phi) is 3.20. The number of hydrogen-bond donors (Lipinski definition) is 0. The maximum Gasteiger partial charge on any atom is 0.0830 e. The second-order valence-corrected chi connectivity index (χ2v) is 4.72. The fourth-order valence-electron chi connectivity index (χ4n) is 2.65. The molecule has 0 bridgehead atoms. The Morgan fingerprint density at radius 1 is 1.33 bits per heavy atom. The highest BCUT2D eigenvalue weighted by Gasteiger charge is 2.27. The third-order valence-electron chi connectivity index (χ3n) is 3.59. The molecule has 1 fully saturated rings. The molecule has 1 saturated heterocycles. The quantitative estimate of drug-likeness (QED) is 0.755. The minimum absolute atomic E-state index is 0.295. The zero-order valence-electron chi connectivity index (χ0n) is 10.7. The number of hydrogen-bond acceptors (Lipinski definition) is 2. The highest BCUT2D eigenvalue weighted by Crippen LogP contribution is 2.30. The lowest BCUT2D eigenvalue weighted by atomic mass is 10.0. The molecule has 1 aliphatic carbocycles. The van der Waals surface area contributed by atoms with Crippen LogP contribution in [0.1, 0.15) is 11.7 Å². The lowest BCUT2D eigenvalue weighted by molar-refractivity contribution is 0.0227. The van der Waals surface area contributed by atoms with Crippen molar-refractivity contribution in [2.45, 2.75) is 6.04 Å². The van der Waals surface area contributed by atoms with Crippen LogP contribution in [0.15, 0.2) is 47.9 Å². The highest BCUT2D eigenvalue weighted by atomic mass is 16.5. The summed E-state index contributed by atoms with van der Waals surface area (Å²) in [5, 5.41) is 0. The number of allylic oxidation sites excluding steroid dienone is 1. The number of rotatable bonds is 3. The van der Waals surface area contributed by atoms with E-state index in [1.54, 1.807) is 0 Å². The largest absolute Gasteiger partial charge is 0.379 e. The van der Waals surface area contributed by atoms with Crippen LogP contribution in [-0.4, -0.2) is 35.8 Å². The van der Waals surface area contributed by atoms with Gasteiger partial charge in [-0.15, -0.1) is 5.73 Å². The first-order chi connectivity index (χ1) is 8.86. The first-order valence-corrected chi connectivity index (χ1v) is 6.42. The lowest BCUT2D eigenvalue weighted by Gasteiger charge is -2.34. The van der Waals surface area contributed by atoms with E-state index in [-0.39, 0.29) is 0 Å². The maximum absolute atomic E-state index is 5.46. The minimum Gasteiger partial charge on any atom is -0.379 e. The van der Waals surface area contributed by atoms with Crippen molar-refractivity contribution in [3.05, 3.63) is 53.6 Å². The van der Waals surface area contributed by atoms with Crippen LogP contribution in [0.5, 0.6) is 0 Å². The molecule has 0 aromatic carbocycles. The van der Waals surface area contributed by atoms with E-state index < -0.39 is 0 Å². The molecule has 3 rings (SSSR count). The van der Waals surface area contributed by atoms with Gasteiger partial charge in [-0.05, 0) is 24.3 Å². The monoisotopic (exact) mass is 242 g/mol. The smallest absolute Gasteiger partial charge is 0.0830 e. The molecule has 0 amide bonds. The fourth-order valence-corrected chi connectivity index (χ4v) is 2.65. The summed E-state index contributed by atoms with van der Waals surface area (Å²) < 4.78 is 7.65. The van der Waals surface area contributed by atoms with Crippen molar-refractivity contribution >= 4 is 0 Å². The van der Waals surface area contributed by atoms with Crippen LogP contribution in [0.4, 0.5) is 0 Å². The van der Waals surface area contributed by atoms with E-state index in [0.29, 0.717) is 6.04 Å². The average Bonchev–Trinajstić information content (AvgIpc) is 3.05. The van der Waals surface area contributed by atoms with Gasteiger partial charge >= 0.3 is 0 Å². The molecule has 0 radical (unpaired) electrons. The summed E-state index contributed by atoms with van der Waals surface area (Å²) in [4.78, 5) is 2.48. The topological polar surface area (TPSA) is 17.4 Å². The Morgan fingerprint density at radius 3 is 2.78 bits per heavy atom.